The molecule has 3 heteroatoms. The van der Waals surface area contributed by atoms with Crippen molar-refractivity contribution in [3.05, 3.63) is 35.1 Å². The molecule has 0 aromatic heterocycles. The summed E-state index contributed by atoms with van der Waals surface area (Å²) in [5.41, 5.74) is 7.09. The van der Waals surface area contributed by atoms with Gasteiger partial charge in [0.2, 0.25) is 0 Å². The van der Waals surface area contributed by atoms with Gasteiger partial charge in [-0.05, 0) is 23.5 Å². The van der Waals surface area contributed by atoms with Gasteiger partial charge in [0.25, 0.3) is 0 Å². The van der Waals surface area contributed by atoms with Gasteiger partial charge in [0, 0.05) is 18.7 Å². The normalized spacial score (nSPS) is 11.8. The van der Waals surface area contributed by atoms with E-state index in [1.54, 1.807) is 6.07 Å². The van der Waals surface area contributed by atoms with Crippen molar-refractivity contribution in [3.8, 4) is 0 Å². The zero-order chi connectivity index (χ0) is 12.9. The summed E-state index contributed by atoms with van der Waals surface area (Å²) in [6.45, 7) is 7.82. The lowest BCUT2D eigenvalue weighted by atomic mass is 9.93. The van der Waals surface area contributed by atoms with Crippen molar-refractivity contribution in [3.63, 3.8) is 0 Å². The third-order valence-electron chi connectivity index (χ3n) is 2.61. The molecule has 0 amide bonds. The van der Waals surface area contributed by atoms with Crippen LogP contribution in [0.1, 0.15) is 38.3 Å². The number of rotatable bonds is 5. The second-order valence-electron chi connectivity index (χ2n) is 5.49. The van der Waals surface area contributed by atoms with Crippen molar-refractivity contribution in [1.82, 2.24) is 0 Å². The van der Waals surface area contributed by atoms with Crippen LogP contribution in [0, 0.1) is 11.2 Å². The van der Waals surface area contributed by atoms with E-state index in [1.165, 1.54) is 6.07 Å². The second kappa shape index (κ2) is 6.12. The van der Waals surface area contributed by atoms with Gasteiger partial charge in [-0.15, -0.1) is 0 Å². The minimum absolute atomic E-state index is 0.233. The first-order chi connectivity index (χ1) is 7.92. The van der Waals surface area contributed by atoms with Crippen LogP contribution in [0.3, 0.4) is 0 Å². The molecule has 96 valence electrons. The highest BCUT2D eigenvalue weighted by Crippen LogP contribution is 2.18. The Morgan fingerprint density at radius 1 is 1.29 bits per heavy atom. The summed E-state index contributed by atoms with van der Waals surface area (Å²) in [6.07, 6.45) is 0.968. The van der Waals surface area contributed by atoms with Gasteiger partial charge in [0.15, 0.2) is 0 Å². The lowest BCUT2D eigenvalue weighted by Crippen LogP contribution is -2.10. The fraction of sp³-hybridized carbons (Fsp3) is 0.571. The van der Waals surface area contributed by atoms with Gasteiger partial charge in [-0.3, -0.25) is 0 Å². The molecule has 2 N–H and O–H groups in total. The van der Waals surface area contributed by atoms with E-state index in [9.17, 15) is 4.39 Å². The summed E-state index contributed by atoms with van der Waals surface area (Å²) in [7, 11) is 0. The van der Waals surface area contributed by atoms with Gasteiger partial charge in [-0.25, -0.2) is 4.39 Å². The van der Waals surface area contributed by atoms with E-state index < -0.39 is 0 Å². The quantitative estimate of drug-likeness (QED) is 0.801. The second-order valence-corrected chi connectivity index (χ2v) is 5.49. The highest BCUT2D eigenvalue weighted by Gasteiger charge is 2.10. The molecule has 0 saturated heterocycles. The maximum absolute atomic E-state index is 13.6. The van der Waals surface area contributed by atoms with Crippen molar-refractivity contribution in [2.24, 2.45) is 11.1 Å². The van der Waals surface area contributed by atoms with E-state index in [0.29, 0.717) is 25.3 Å². The Morgan fingerprint density at radius 3 is 2.53 bits per heavy atom. The van der Waals surface area contributed by atoms with Crippen molar-refractivity contribution in [1.29, 1.82) is 0 Å². The third kappa shape index (κ3) is 5.29. The highest BCUT2D eigenvalue weighted by atomic mass is 19.1. The molecule has 1 aromatic rings. The van der Waals surface area contributed by atoms with Crippen molar-refractivity contribution in [2.45, 2.75) is 40.3 Å². The number of halogens is 1. The van der Waals surface area contributed by atoms with Crippen LogP contribution in [0.25, 0.3) is 0 Å². The molecular weight excluding hydrogens is 217 g/mol. The molecule has 0 spiro atoms. The maximum atomic E-state index is 13.6. The standard InChI is InChI=1S/C14H22FNO/c1-14(2,3)6-7-17-10-12-5-4-11(9-16)8-13(12)15/h4-5,8H,6-7,9-10,16H2,1-3H3. The lowest BCUT2D eigenvalue weighted by Gasteiger charge is -2.17. The van der Waals surface area contributed by atoms with E-state index in [4.69, 9.17) is 10.5 Å². The lowest BCUT2D eigenvalue weighted by molar-refractivity contribution is 0.0943. The number of benzene rings is 1. The van der Waals surface area contributed by atoms with Gasteiger partial charge < -0.3 is 10.5 Å². The van der Waals surface area contributed by atoms with Crippen LogP contribution in [0.5, 0.6) is 0 Å². The van der Waals surface area contributed by atoms with Crippen molar-refractivity contribution in [2.75, 3.05) is 6.61 Å². The molecule has 0 atom stereocenters. The van der Waals surface area contributed by atoms with E-state index in [-0.39, 0.29) is 11.2 Å². The molecule has 0 aliphatic carbocycles. The molecule has 0 unspecified atom stereocenters. The highest BCUT2D eigenvalue weighted by molar-refractivity contribution is 5.23. The minimum atomic E-state index is -0.233. The Bertz CT molecular complexity index is 358. The average molecular weight is 239 g/mol. The Morgan fingerprint density at radius 2 is 2.00 bits per heavy atom. The maximum Gasteiger partial charge on any atom is 0.129 e. The van der Waals surface area contributed by atoms with E-state index in [2.05, 4.69) is 20.8 Å². The number of ether oxygens (including phenoxy) is 1. The van der Waals surface area contributed by atoms with Crippen LogP contribution in [-0.2, 0) is 17.9 Å². The van der Waals surface area contributed by atoms with Gasteiger partial charge in [0.1, 0.15) is 5.82 Å². The van der Waals surface area contributed by atoms with Crippen LogP contribution in [0.2, 0.25) is 0 Å². The van der Waals surface area contributed by atoms with Crippen molar-refractivity contribution >= 4 is 0 Å². The van der Waals surface area contributed by atoms with Crippen LogP contribution >= 0.6 is 0 Å². The Hall–Kier alpha value is -0.930. The fourth-order valence-corrected chi connectivity index (χ4v) is 1.40. The van der Waals surface area contributed by atoms with E-state index in [1.807, 2.05) is 6.07 Å². The zero-order valence-electron chi connectivity index (χ0n) is 10.9. The van der Waals surface area contributed by atoms with Crippen molar-refractivity contribution < 1.29 is 9.13 Å². The van der Waals surface area contributed by atoms with Crippen LogP contribution in [-0.4, -0.2) is 6.61 Å². The Balaban J connectivity index is 2.42. The summed E-state index contributed by atoms with van der Waals surface area (Å²) in [4.78, 5) is 0. The van der Waals surface area contributed by atoms with Gasteiger partial charge in [-0.2, -0.15) is 0 Å². The topological polar surface area (TPSA) is 35.2 Å². The molecule has 0 heterocycles. The minimum Gasteiger partial charge on any atom is -0.377 e. The Labute approximate surface area is 103 Å². The van der Waals surface area contributed by atoms with Gasteiger partial charge in [0.05, 0.1) is 6.61 Å². The first-order valence-corrected chi connectivity index (χ1v) is 5.97. The smallest absolute Gasteiger partial charge is 0.129 e. The summed E-state index contributed by atoms with van der Waals surface area (Å²) in [6, 6.07) is 5.06. The molecular formula is C14H22FNO. The molecule has 1 aromatic carbocycles. The number of nitrogens with two attached hydrogens (primary N) is 1. The SMILES string of the molecule is CC(C)(C)CCOCc1ccc(CN)cc1F. The summed E-state index contributed by atoms with van der Waals surface area (Å²) >= 11 is 0. The fourth-order valence-electron chi connectivity index (χ4n) is 1.40. The molecule has 0 saturated carbocycles. The molecule has 0 fully saturated rings. The predicted octanol–water partition coefficient (Wildman–Crippen LogP) is 3.24. The monoisotopic (exact) mass is 239 g/mol. The summed E-state index contributed by atoms with van der Waals surface area (Å²) < 4.78 is 19.0. The van der Waals surface area contributed by atoms with Gasteiger partial charge >= 0.3 is 0 Å². The number of hydrogen-bond acceptors (Lipinski definition) is 2. The van der Waals surface area contributed by atoms with Crippen LogP contribution < -0.4 is 5.73 Å². The largest absolute Gasteiger partial charge is 0.377 e. The predicted molar refractivity (Wildman–Crippen MR) is 68.0 cm³/mol. The van der Waals surface area contributed by atoms with Crippen LogP contribution in [0.4, 0.5) is 4.39 Å². The van der Waals surface area contributed by atoms with E-state index >= 15 is 0 Å². The molecule has 0 aliphatic rings. The summed E-state index contributed by atoms with van der Waals surface area (Å²) in [5.74, 6) is -0.233. The molecule has 0 aliphatic heterocycles. The molecule has 0 radical (unpaired) electrons. The van der Waals surface area contributed by atoms with E-state index in [0.717, 1.165) is 12.0 Å². The molecule has 17 heavy (non-hydrogen) atoms. The van der Waals surface area contributed by atoms with Crippen LogP contribution in [0.15, 0.2) is 18.2 Å². The third-order valence-corrected chi connectivity index (χ3v) is 2.61. The Kier molecular flexibility index (Phi) is 5.09. The summed E-state index contributed by atoms with van der Waals surface area (Å²) in [5, 5.41) is 0. The van der Waals surface area contributed by atoms with Gasteiger partial charge in [-0.1, -0.05) is 32.9 Å². The zero-order valence-corrected chi connectivity index (χ0v) is 10.9. The number of hydrogen-bond donors (Lipinski definition) is 1. The average Bonchev–Trinajstić information content (AvgIpc) is 2.24. The molecule has 2 nitrogen and oxygen atoms in total. The first kappa shape index (κ1) is 14.1. The first-order valence-electron chi connectivity index (χ1n) is 5.97. The molecule has 1 rings (SSSR count). The molecule has 0 bridgehead atoms.